The number of nitrogens with one attached hydrogen (secondary N) is 2. The molecule has 0 bridgehead atoms. The zero-order valence-corrected chi connectivity index (χ0v) is 15.1. The van der Waals surface area contributed by atoms with E-state index < -0.39 is 5.91 Å². The van der Waals surface area contributed by atoms with Gasteiger partial charge in [-0.1, -0.05) is 48.5 Å². The molecule has 1 amide bonds. The fourth-order valence-corrected chi connectivity index (χ4v) is 3.88. The predicted octanol–water partition coefficient (Wildman–Crippen LogP) is 2.15. The highest BCUT2D eigenvalue weighted by Gasteiger charge is 2.30. The van der Waals surface area contributed by atoms with Crippen LogP contribution in [0.25, 0.3) is 0 Å². The SMILES string of the molecule is CN(C1N=CC(C(=O)NO)=CN1)C1c2ccccc2CCc2ccccc21. The van der Waals surface area contributed by atoms with Crippen molar-refractivity contribution >= 4 is 12.1 Å². The molecule has 1 aliphatic carbocycles. The summed E-state index contributed by atoms with van der Waals surface area (Å²) in [5, 5.41) is 11.9. The average molecular weight is 362 g/mol. The van der Waals surface area contributed by atoms with E-state index in [0.29, 0.717) is 0 Å². The third-order valence-corrected chi connectivity index (χ3v) is 5.26. The number of aryl methyl sites for hydroxylation is 2. The van der Waals surface area contributed by atoms with Crippen LogP contribution >= 0.6 is 0 Å². The van der Waals surface area contributed by atoms with Crippen LogP contribution in [0, 0.1) is 0 Å². The monoisotopic (exact) mass is 362 g/mol. The van der Waals surface area contributed by atoms with Gasteiger partial charge in [0.25, 0.3) is 5.91 Å². The number of amides is 1. The highest BCUT2D eigenvalue weighted by Crippen LogP contribution is 2.36. The molecule has 0 saturated heterocycles. The van der Waals surface area contributed by atoms with Gasteiger partial charge in [0.15, 0.2) is 6.29 Å². The number of hydroxylamine groups is 1. The van der Waals surface area contributed by atoms with Gasteiger partial charge in [-0.05, 0) is 42.1 Å². The maximum Gasteiger partial charge on any atom is 0.277 e. The van der Waals surface area contributed by atoms with Gasteiger partial charge in [0.2, 0.25) is 0 Å². The molecule has 1 aliphatic heterocycles. The van der Waals surface area contributed by atoms with Gasteiger partial charge < -0.3 is 5.32 Å². The van der Waals surface area contributed by atoms with Crippen molar-refractivity contribution in [3.8, 4) is 0 Å². The molecule has 3 N–H and O–H groups in total. The summed E-state index contributed by atoms with van der Waals surface area (Å²) in [6, 6.07) is 17.2. The number of aliphatic imine (C=N–C) groups is 1. The van der Waals surface area contributed by atoms with Crippen LogP contribution in [-0.2, 0) is 17.6 Å². The van der Waals surface area contributed by atoms with Gasteiger partial charge in [0.05, 0.1) is 11.6 Å². The van der Waals surface area contributed by atoms with Gasteiger partial charge in [-0.2, -0.15) is 0 Å². The number of nitrogens with zero attached hydrogens (tertiary/aromatic N) is 2. The maximum absolute atomic E-state index is 11.5. The number of carbonyl (C=O) groups is 1. The predicted molar refractivity (Wildman–Crippen MR) is 103 cm³/mol. The molecule has 4 rings (SSSR count). The zero-order valence-electron chi connectivity index (χ0n) is 15.1. The lowest BCUT2D eigenvalue weighted by molar-refractivity contribution is -0.124. The van der Waals surface area contributed by atoms with Gasteiger partial charge in [-0.25, -0.2) is 5.48 Å². The smallest absolute Gasteiger partial charge is 0.277 e. The molecule has 0 fully saturated rings. The van der Waals surface area contributed by atoms with E-state index in [0.717, 1.165) is 12.8 Å². The second-order valence-corrected chi connectivity index (χ2v) is 6.82. The number of benzene rings is 2. The highest BCUT2D eigenvalue weighted by molar-refractivity contribution is 6.11. The molecule has 1 heterocycles. The lowest BCUT2D eigenvalue weighted by Gasteiger charge is -2.35. The molecule has 2 aliphatic rings. The first-order chi connectivity index (χ1) is 13.2. The molecule has 0 radical (unpaired) electrons. The molecular formula is C21H22N4O2. The standard InChI is InChI=1S/C21H22N4O2/c1-25(21-22-12-16(13-23-21)20(26)24-27)19-17-8-4-2-6-14(17)10-11-15-7-3-5-9-18(15)19/h2-9,12-13,19,21-22,27H,10-11H2,1H3,(H,24,26). The van der Waals surface area contributed by atoms with Crippen molar-refractivity contribution in [1.29, 1.82) is 0 Å². The van der Waals surface area contributed by atoms with Crippen LogP contribution in [0.15, 0.2) is 65.3 Å². The van der Waals surface area contributed by atoms with Crippen molar-refractivity contribution in [3.63, 3.8) is 0 Å². The van der Waals surface area contributed by atoms with Crippen molar-refractivity contribution < 1.29 is 10.0 Å². The van der Waals surface area contributed by atoms with Crippen molar-refractivity contribution in [2.24, 2.45) is 4.99 Å². The third kappa shape index (κ3) is 3.25. The minimum Gasteiger partial charge on any atom is -0.357 e. The molecule has 2 aromatic carbocycles. The van der Waals surface area contributed by atoms with Crippen LogP contribution in [0.1, 0.15) is 28.3 Å². The van der Waals surface area contributed by atoms with E-state index in [-0.39, 0.29) is 17.9 Å². The molecule has 1 unspecified atom stereocenters. The van der Waals surface area contributed by atoms with E-state index in [2.05, 4.69) is 63.7 Å². The second-order valence-electron chi connectivity index (χ2n) is 6.82. The van der Waals surface area contributed by atoms with Crippen molar-refractivity contribution in [2.75, 3.05) is 7.05 Å². The first kappa shape index (κ1) is 17.5. The molecule has 0 aromatic heterocycles. The largest absolute Gasteiger partial charge is 0.357 e. The second kappa shape index (κ2) is 7.34. The fourth-order valence-electron chi connectivity index (χ4n) is 3.88. The summed E-state index contributed by atoms with van der Waals surface area (Å²) < 4.78 is 0. The van der Waals surface area contributed by atoms with E-state index in [1.54, 1.807) is 11.7 Å². The zero-order chi connectivity index (χ0) is 18.8. The Labute approximate surface area is 158 Å². The Morgan fingerprint density at radius 3 is 2.22 bits per heavy atom. The number of fused-ring (bicyclic) bond motifs is 2. The van der Waals surface area contributed by atoms with E-state index in [9.17, 15) is 4.79 Å². The molecule has 6 heteroatoms. The highest BCUT2D eigenvalue weighted by atomic mass is 16.5. The Bertz CT molecular complexity index is 874. The van der Waals surface area contributed by atoms with Gasteiger partial charge in [-0.15, -0.1) is 0 Å². The lowest BCUT2D eigenvalue weighted by atomic mass is 9.93. The number of hydrogen-bond donors (Lipinski definition) is 3. The molecule has 0 saturated carbocycles. The van der Waals surface area contributed by atoms with Crippen molar-refractivity contribution in [1.82, 2.24) is 15.7 Å². The molecule has 2 aromatic rings. The van der Waals surface area contributed by atoms with Crippen LogP contribution in [0.2, 0.25) is 0 Å². The number of carbonyl (C=O) groups excluding carboxylic acids is 1. The molecular weight excluding hydrogens is 340 g/mol. The topological polar surface area (TPSA) is 77.0 Å². The maximum atomic E-state index is 11.5. The molecule has 1 atom stereocenters. The summed E-state index contributed by atoms with van der Waals surface area (Å²) in [6.45, 7) is 0. The van der Waals surface area contributed by atoms with Gasteiger partial charge in [-0.3, -0.25) is 19.9 Å². The Morgan fingerprint density at radius 2 is 1.70 bits per heavy atom. The summed E-state index contributed by atoms with van der Waals surface area (Å²) in [4.78, 5) is 18.2. The lowest BCUT2D eigenvalue weighted by Crippen LogP contribution is -2.44. The molecule has 6 nitrogen and oxygen atoms in total. The summed E-state index contributed by atoms with van der Waals surface area (Å²) in [7, 11) is 2.03. The Balaban J connectivity index is 1.70. The normalized spacial score (nSPS) is 18.8. The van der Waals surface area contributed by atoms with E-state index in [1.165, 1.54) is 28.5 Å². The van der Waals surface area contributed by atoms with E-state index >= 15 is 0 Å². The van der Waals surface area contributed by atoms with Gasteiger partial charge in [0, 0.05) is 12.4 Å². The first-order valence-electron chi connectivity index (χ1n) is 9.00. The van der Waals surface area contributed by atoms with E-state index in [1.807, 2.05) is 7.05 Å². The Morgan fingerprint density at radius 1 is 1.11 bits per heavy atom. The molecule has 27 heavy (non-hydrogen) atoms. The fraction of sp³-hybridized carbons (Fsp3) is 0.238. The van der Waals surface area contributed by atoms with Gasteiger partial charge >= 0.3 is 0 Å². The van der Waals surface area contributed by atoms with Gasteiger partial charge in [0.1, 0.15) is 0 Å². The summed E-state index contributed by atoms with van der Waals surface area (Å²) >= 11 is 0. The van der Waals surface area contributed by atoms with Crippen molar-refractivity contribution in [3.05, 3.63) is 82.6 Å². The first-order valence-corrected chi connectivity index (χ1v) is 9.00. The Hall–Kier alpha value is -2.96. The summed E-state index contributed by atoms with van der Waals surface area (Å²) in [5.74, 6) is -0.586. The number of rotatable bonds is 3. The number of hydrogen-bond acceptors (Lipinski definition) is 5. The quantitative estimate of drug-likeness (QED) is 0.578. The minimum atomic E-state index is -0.586. The molecule has 138 valence electrons. The van der Waals surface area contributed by atoms with Crippen LogP contribution < -0.4 is 10.8 Å². The van der Waals surface area contributed by atoms with Crippen LogP contribution in [0.5, 0.6) is 0 Å². The van der Waals surface area contributed by atoms with E-state index in [4.69, 9.17) is 5.21 Å². The third-order valence-electron chi connectivity index (χ3n) is 5.26. The summed E-state index contributed by atoms with van der Waals surface area (Å²) in [6.07, 6.45) is 4.77. The van der Waals surface area contributed by atoms with Crippen LogP contribution in [0.3, 0.4) is 0 Å². The summed E-state index contributed by atoms with van der Waals surface area (Å²) in [5.41, 5.74) is 7.17. The average Bonchev–Trinajstić information content (AvgIpc) is 2.89. The minimum absolute atomic E-state index is 0.0520. The Kier molecular flexibility index (Phi) is 4.75. The van der Waals surface area contributed by atoms with Crippen LogP contribution in [-0.4, -0.2) is 35.6 Å². The van der Waals surface area contributed by atoms with Crippen molar-refractivity contribution in [2.45, 2.75) is 25.2 Å². The molecule has 0 spiro atoms. The van der Waals surface area contributed by atoms with Crippen LogP contribution in [0.4, 0.5) is 0 Å².